The third-order valence-electron chi connectivity index (χ3n) is 3.29. The van der Waals surface area contributed by atoms with Gasteiger partial charge in [-0.3, -0.25) is 0 Å². The van der Waals surface area contributed by atoms with Gasteiger partial charge in [0, 0.05) is 11.3 Å². The SMILES string of the molecule is Cc1ccc(-c2nc3ccc(N)cc3[nH]2)cc1C. The molecule has 0 bridgehead atoms. The maximum Gasteiger partial charge on any atom is 0.138 e. The van der Waals surface area contributed by atoms with E-state index in [1.54, 1.807) is 0 Å². The molecule has 18 heavy (non-hydrogen) atoms. The molecular weight excluding hydrogens is 222 g/mol. The number of hydrogen-bond acceptors (Lipinski definition) is 2. The molecule has 3 rings (SSSR count). The number of benzene rings is 2. The number of fused-ring (bicyclic) bond motifs is 1. The summed E-state index contributed by atoms with van der Waals surface area (Å²) >= 11 is 0. The molecule has 1 aromatic heterocycles. The van der Waals surface area contributed by atoms with Gasteiger partial charge >= 0.3 is 0 Å². The Morgan fingerprint density at radius 2 is 1.83 bits per heavy atom. The summed E-state index contributed by atoms with van der Waals surface area (Å²) in [6, 6.07) is 12.1. The first-order valence-corrected chi connectivity index (χ1v) is 5.96. The van der Waals surface area contributed by atoms with Crippen LogP contribution in [0.3, 0.4) is 0 Å². The van der Waals surface area contributed by atoms with Gasteiger partial charge in [0.25, 0.3) is 0 Å². The van der Waals surface area contributed by atoms with Crippen LogP contribution < -0.4 is 5.73 Å². The predicted molar refractivity (Wildman–Crippen MR) is 75.4 cm³/mol. The second kappa shape index (κ2) is 3.88. The highest BCUT2D eigenvalue weighted by molar-refractivity contribution is 5.82. The van der Waals surface area contributed by atoms with E-state index in [0.717, 1.165) is 28.1 Å². The zero-order chi connectivity index (χ0) is 12.7. The third kappa shape index (κ3) is 1.74. The molecule has 0 spiro atoms. The molecule has 0 aliphatic rings. The molecule has 0 aliphatic heterocycles. The van der Waals surface area contributed by atoms with E-state index in [0.29, 0.717) is 0 Å². The Labute approximate surface area is 106 Å². The Morgan fingerprint density at radius 3 is 2.61 bits per heavy atom. The van der Waals surface area contributed by atoms with Crippen LogP contribution in [-0.4, -0.2) is 9.97 Å². The van der Waals surface area contributed by atoms with Crippen LogP contribution in [0, 0.1) is 13.8 Å². The first kappa shape index (κ1) is 10.8. The smallest absolute Gasteiger partial charge is 0.138 e. The van der Waals surface area contributed by atoms with E-state index >= 15 is 0 Å². The lowest BCUT2D eigenvalue weighted by atomic mass is 10.1. The summed E-state index contributed by atoms with van der Waals surface area (Å²) in [5.41, 5.74) is 12.1. The fourth-order valence-electron chi connectivity index (χ4n) is 2.05. The summed E-state index contributed by atoms with van der Waals surface area (Å²) in [5.74, 6) is 0.888. The molecule has 3 nitrogen and oxygen atoms in total. The van der Waals surface area contributed by atoms with Gasteiger partial charge in [-0.1, -0.05) is 12.1 Å². The largest absolute Gasteiger partial charge is 0.399 e. The lowest BCUT2D eigenvalue weighted by Gasteiger charge is -2.02. The zero-order valence-electron chi connectivity index (χ0n) is 10.5. The predicted octanol–water partition coefficient (Wildman–Crippen LogP) is 3.43. The number of aromatic amines is 1. The van der Waals surface area contributed by atoms with E-state index in [4.69, 9.17) is 5.73 Å². The number of hydrogen-bond donors (Lipinski definition) is 2. The van der Waals surface area contributed by atoms with Crippen molar-refractivity contribution in [3.8, 4) is 11.4 Å². The minimum atomic E-state index is 0.748. The molecule has 0 unspecified atom stereocenters. The number of aromatic nitrogens is 2. The monoisotopic (exact) mass is 237 g/mol. The molecular formula is C15H15N3. The Bertz CT molecular complexity index is 726. The summed E-state index contributed by atoms with van der Waals surface area (Å²) in [6.45, 7) is 4.22. The molecule has 1 heterocycles. The van der Waals surface area contributed by atoms with Gasteiger partial charge < -0.3 is 10.7 Å². The number of nitrogens with two attached hydrogens (primary N) is 1. The summed E-state index contributed by atoms with van der Waals surface area (Å²) in [6.07, 6.45) is 0. The number of anilines is 1. The highest BCUT2D eigenvalue weighted by Crippen LogP contribution is 2.23. The number of nitrogens with one attached hydrogen (secondary N) is 1. The Kier molecular flexibility index (Phi) is 2.33. The van der Waals surface area contributed by atoms with Crippen molar-refractivity contribution < 1.29 is 0 Å². The Hall–Kier alpha value is -2.29. The molecule has 0 saturated heterocycles. The second-order valence-corrected chi connectivity index (χ2v) is 4.66. The number of aryl methyl sites for hydroxylation is 2. The third-order valence-corrected chi connectivity index (χ3v) is 3.29. The van der Waals surface area contributed by atoms with Gasteiger partial charge in [-0.25, -0.2) is 4.98 Å². The molecule has 3 N–H and O–H groups in total. The number of imidazole rings is 1. The fraction of sp³-hybridized carbons (Fsp3) is 0.133. The fourth-order valence-corrected chi connectivity index (χ4v) is 2.05. The van der Waals surface area contributed by atoms with Crippen LogP contribution in [0.15, 0.2) is 36.4 Å². The molecule has 3 heteroatoms. The van der Waals surface area contributed by atoms with Gasteiger partial charge in [-0.2, -0.15) is 0 Å². The molecule has 0 fully saturated rings. The van der Waals surface area contributed by atoms with Crippen molar-refractivity contribution in [2.24, 2.45) is 0 Å². The van der Waals surface area contributed by atoms with Crippen molar-refractivity contribution in [2.45, 2.75) is 13.8 Å². The van der Waals surface area contributed by atoms with E-state index in [2.05, 4.69) is 42.0 Å². The number of H-pyrrole nitrogens is 1. The van der Waals surface area contributed by atoms with Gasteiger partial charge in [0.15, 0.2) is 0 Å². The van der Waals surface area contributed by atoms with Gasteiger partial charge in [-0.05, 0) is 49.2 Å². The maximum absolute atomic E-state index is 5.77. The second-order valence-electron chi connectivity index (χ2n) is 4.66. The molecule has 0 amide bonds. The normalized spacial score (nSPS) is 11.0. The highest BCUT2D eigenvalue weighted by Gasteiger charge is 2.06. The average Bonchev–Trinajstić information content (AvgIpc) is 2.75. The highest BCUT2D eigenvalue weighted by atomic mass is 14.9. The van der Waals surface area contributed by atoms with Crippen LogP contribution in [0.1, 0.15) is 11.1 Å². The average molecular weight is 237 g/mol. The first-order valence-electron chi connectivity index (χ1n) is 5.96. The minimum Gasteiger partial charge on any atom is -0.399 e. The van der Waals surface area contributed by atoms with Crippen molar-refractivity contribution >= 4 is 16.7 Å². The van der Waals surface area contributed by atoms with Crippen molar-refractivity contribution in [2.75, 3.05) is 5.73 Å². The van der Waals surface area contributed by atoms with E-state index in [1.165, 1.54) is 11.1 Å². The molecule has 0 saturated carbocycles. The van der Waals surface area contributed by atoms with Crippen LogP contribution >= 0.6 is 0 Å². The Balaban J connectivity index is 2.16. The lowest BCUT2D eigenvalue weighted by molar-refractivity contribution is 1.29. The van der Waals surface area contributed by atoms with Gasteiger partial charge in [-0.15, -0.1) is 0 Å². The number of nitrogens with zero attached hydrogens (tertiary/aromatic N) is 1. The molecule has 0 atom stereocenters. The van der Waals surface area contributed by atoms with E-state index in [1.807, 2.05) is 18.2 Å². The summed E-state index contributed by atoms with van der Waals surface area (Å²) in [4.78, 5) is 7.89. The summed E-state index contributed by atoms with van der Waals surface area (Å²) in [5, 5.41) is 0. The van der Waals surface area contributed by atoms with E-state index < -0.39 is 0 Å². The van der Waals surface area contributed by atoms with Gasteiger partial charge in [0.05, 0.1) is 11.0 Å². The van der Waals surface area contributed by atoms with E-state index in [9.17, 15) is 0 Å². The minimum absolute atomic E-state index is 0.748. The maximum atomic E-state index is 5.77. The van der Waals surface area contributed by atoms with Gasteiger partial charge in [0.1, 0.15) is 5.82 Å². The van der Waals surface area contributed by atoms with Crippen molar-refractivity contribution in [3.63, 3.8) is 0 Å². The standard InChI is InChI=1S/C15H15N3/c1-9-3-4-11(7-10(9)2)15-17-13-6-5-12(16)8-14(13)18-15/h3-8H,16H2,1-2H3,(H,17,18). The van der Waals surface area contributed by atoms with Crippen LogP contribution in [0.4, 0.5) is 5.69 Å². The summed E-state index contributed by atoms with van der Waals surface area (Å²) in [7, 11) is 0. The van der Waals surface area contributed by atoms with Crippen molar-refractivity contribution in [1.29, 1.82) is 0 Å². The molecule has 0 aliphatic carbocycles. The van der Waals surface area contributed by atoms with Crippen molar-refractivity contribution in [3.05, 3.63) is 47.5 Å². The van der Waals surface area contributed by atoms with Crippen LogP contribution in [0.2, 0.25) is 0 Å². The molecule has 0 radical (unpaired) electrons. The number of nitrogen functional groups attached to an aromatic ring is 1. The molecule has 2 aromatic carbocycles. The van der Waals surface area contributed by atoms with E-state index in [-0.39, 0.29) is 0 Å². The first-order chi connectivity index (χ1) is 8.63. The lowest BCUT2D eigenvalue weighted by Crippen LogP contribution is -1.84. The number of rotatable bonds is 1. The zero-order valence-corrected chi connectivity index (χ0v) is 10.5. The van der Waals surface area contributed by atoms with Crippen LogP contribution in [-0.2, 0) is 0 Å². The van der Waals surface area contributed by atoms with Crippen LogP contribution in [0.25, 0.3) is 22.4 Å². The van der Waals surface area contributed by atoms with Gasteiger partial charge in [0.2, 0.25) is 0 Å². The topological polar surface area (TPSA) is 54.7 Å². The Morgan fingerprint density at radius 1 is 1.00 bits per heavy atom. The summed E-state index contributed by atoms with van der Waals surface area (Å²) < 4.78 is 0. The molecule has 90 valence electrons. The van der Waals surface area contributed by atoms with Crippen LogP contribution in [0.5, 0.6) is 0 Å². The van der Waals surface area contributed by atoms with Crippen molar-refractivity contribution in [1.82, 2.24) is 9.97 Å². The molecule has 3 aromatic rings. The quantitative estimate of drug-likeness (QED) is 0.637.